The Labute approximate surface area is 160 Å². The van der Waals surface area contributed by atoms with E-state index in [0.29, 0.717) is 11.3 Å². The molecule has 0 aliphatic carbocycles. The van der Waals surface area contributed by atoms with Gasteiger partial charge in [-0.05, 0) is 49.2 Å². The number of aromatic nitrogens is 3. The summed E-state index contributed by atoms with van der Waals surface area (Å²) in [6.07, 6.45) is 2.90. The summed E-state index contributed by atoms with van der Waals surface area (Å²) in [6.45, 7) is 1.82. The number of carboxylic acid groups (broad SMARTS) is 1. The molecule has 0 fully saturated rings. The van der Waals surface area contributed by atoms with Crippen molar-refractivity contribution in [3.8, 4) is 11.3 Å². The minimum absolute atomic E-state index is 0.0172. The van der Waals surface area contributed by atoms with Crippen LogP contribution in [-0.4, -0.2) is 40.1 Å². The van der Waals surface area contributed by atoms with Crippen LogP contribution in [0.3, 0.4) is 0 Å². The number of pyridine rings is 2. The van der Waals surface area contributed by atoms with Crippen LogP contribution < -0.4 is 5.32 Å². The zero-order chi connectivity index (χ0) is 20.3. The third-order valence-electron chi connectivity index (χ3n) is 4.01. The number of amides is 1. The van der Waals surface area contributed by atoms with Gasteiger partial charge < -0.3 is 10.4 Å². The normalized spacial score (nSPS) is 11.4. The Morgan fingerprint density at radius 1 is 1.29 bits per heavy atom. The standard InChI is InChI=1S/C18H17FN4O4S/c1-12-4-5-14(10-22-12)28(26,27)23-11-13(6-8-21-18(24)25)9-16(23)15-3-2-7-20-17(15)19/h2-5,7,9-11,21H,6,8H2,1H3,(H,24,25). The highest BCUT2D eigenvalue weighted by molar-refractivity contribution is 7.90. The van der Waals surface area contributed by atoms with Crippen LogP contribution in [0.5, 0.6) is 0 Å². The lowest BCUT2D eigenvalue weighted by Crippen LogP contribution is -2.23. The van der Waals surface area contributed by atoms with E-state index >= 15 is 0 Å². The van der Waals surface area contributed by atoms with Crippen molar-refractivity contribution in [2.75, 3.05) is 6.54 Å². The molecule has 3 aromatic rings. The maximum atomic E-state index is 14.2. The molecular formula is C18H17FN4O4S. The number of nitrogens with one attached hydrogen (secondary N) is 1. The average Bonchev–Trinajstić information content (AvgIpc) is 3.07. The Hall–Kier alpha value is -3.27. The zero-order valence-corrected chi connectivity index (χ0v) is 15.6. The van der Waals surface area contributed by atoms with Gasteiger partial charge in [-0.1, -0.05) is 0 Å². The molecule has 8 nitrogen and oxygen atoms in total. The Balaban J connectivity index is 2.10. The van der Waals surface area contributed by atoms with Crippen LogP contribution in [-0.2, 0) is 16.4 Å². The van der Waals surface area contributed by atoms with Gasteiger partial charge >= 0.3 is 6.09 Å². The largest absolute Gasteiger partial charge is 0.465 e. The van der Waals surface area contributed by atoms with Gasteiger partial charge in [-0.15, -0.1) is 0 Å². The number of nitrogens with zero attached hydrogens (tertiary/aromatic N) is 3. The first-order valence-electron chi connectivity index (χ1n) is 8.26. The molecule has 3 rings (SSSR count). The van der Waals surface area contributed by atoms with E-state index in [1.54, 1.807) is 13.0 Å². The Morgan fingerprint density at radius 2 is 2.07 bits per heavy atom. The molecule has 0 aliphatic rings. The van der Waals surface area contributed by atoms with Gasteiger partial charge in [0.15, 0.2) is 0 Å². The van der Waals surface area contributed by atoms with E-state index in [1.165, 1.54) is 42.9 Å². The van der Waals surface area contributed by atoms with E-state index in [9.17, 15) is 17.6 Å². The van der Waals surface area contributed by atoms with Gasteiger partial charge in [0.25, 0.3) is 10.0 Å². The summed E-state index contributed by atoms with van der Waals surface area (Å²) < 4.78 is 41.4. The average molecular weight is 404 g/mol. The molecule has 2 N–H and O–H groups in total. The number of hydrogen-bond donors (Lipinski definition) is 2. The quantitative estimate of drug-likeness (QED) is 0.610. The molecule has 0 unspecified atom stereocenters. The third-order valence-corrected chi connectivity index (χ3v) is 5.67. The maximum Gasteiger partial charge on any atom is 0.404 e. The lowest BCUT2D eigenvalue weighted by atomic mass is 10.1. The van der Waals surface area contributed by atoms with Crippen LogP contribution in [0, 0.1) is 12.9 Å². The topological polar surface area (TPSA) is 114 Å². The van der Waals surface area contributed by atoms with E-state index in [-0.39, 0.29) is 29.1 Å². The summed E-state index contributed by atoms with van der Waals surface area (Å²) in [5, 5.41) is 10.9. The van der Waals surface area contributed by atoms with E-state index in [4.69, 9.17) is 5.11 Å². The molecule has 10 heteroatoms. The van der Waals surface area contributed by atoms with Crippen molar-refractivity contribution in [3.05, 3.63) is 66.1 Å². The smallest absolute Gasteiger partial charge is 0.404 e. The van der Waals surface area contributed by atoms with Crippen LogP contribution in [0.25, 0.3) is 11.3 Å². The first-order chi connectivity index (χ1) is 13.3. The molecule has 0 bridgehead atoms. The van der Waals surface area contributed by atoms with Gasteiger partial charge in [0, 0.05) is 30.8 Å². The van der Waals surface area contributed by atoms with Crippen molar-refractivity contribution in [1.82, 2.24) is 19.3 Å². The monoisotopic (exact) mass is 404 g/mol. The molecule has 0 saturated carbocycles. The molecule has 146 valence electrons. The van der Waals surface area contributed by atoms with E-state index in [0.717, 1.165) is 3.97 Å². The lowest BCUT2D eigenvalue weighted by Gasteiger charge is -2.11. The molecule has 0 spiro atoms. The Morgan fingerprint density at radius 3 is 2.71 bits per heavy atom. The summed E-state index contributed by atoms with van der Waals surface area (Å²) in [5.74, 6) is -0.811. The van der Waals surface area contributed by atoms with Gasteiger partial charge in [0.2, 0.25) is 5.95 Å². The number of halogens is 1. The second-order valence-electron chi connectivity index (χ2n) is 5.99. The van der Waals surface area contributed by atoms with Crippen molar-refractivity contribution in [2.45, 2.75) is 18.2 Å². The molecule has 0 radical (unpaired) electrons. The molecule has 28 heavy (non-hydrogen) atoms. The second-order valence-corrected chi connectivity index (χ2v) is 7.81. The minimum Gasteiger partial charge on any atom is -0.465 e. The highest BCUT2D eigenvalue weighted by Gasteiger charge is 2.23. The minimum atomic E-state index is -4.05. The van der Waals surface area contributed by atoms with Crippen LogP contribution in [0.2, 0.25) is 0 Å². The number of rotatable bonds is 6. The highest BCUT2D eigenvalue weighted by atomic mass is 32.2. The van der Waals surface area contributed by atoms with Crippen molar-refractivity contribution in [1.29, 1.82) is 0 Å². The molecule has 0 saturated heterocycles. The second kappa shape index (κ2) is 7.77. The van der Waals surface area contributed by atoms with E-state index in [1.807, 2.05) is 0 Å². The van der Waals surface area contributed by atoms with Crippen LogP contribution >= 0.6 is 0 Å². The predicted octanol–water partition coefficient (Wildman–Crippen LogP) is 2.44. The fourth-order valence-electron chi connectivity index (χ4n) is 2.64. The summed E-state index contributed by atoms with van der Waals surface area (Å²) in [6, 6.07) is 7.42. The fourth-order valence-corrected chi connectivity index (χ4v) is 3.98. The molecule has 1 amide bonds. The molecule has 3 aromatic heterocycles. The molecule has 0 atom stereocenters. The van der Waals surface area contributed by atoms with Crippen LogP contribution in [0.1, 0.15) is 11.3 Å². The van der Waals surface area contributed by atoms with Crippen molar-refractivity contribution >= 4 is 16.1 Å². The Bertz CT molecular complexity index is 1110. The SMILES string of the molecule is Cc1ccc(S(=O)(=O)n2cc(CCNC(=O)O)cc2-c2cccnc2F)cn1. The highest BCUT2D eigenvalue weighted by Crippen LogP contribution is 2.28. The first kappa shape index (κ1) is 19.5. The van der Waals surface area contributed by atoms with E-state index in [2.05, 4.69) is 15.3 Å². The number of aryl methyl sites for hydroxylation is 1. The van der Waals surface area contributed by atoms with Crippen LogP contribution in [0.4, 0.5) is 9.18 Å². The van der Waals surface area contributed by atoms with Gasteiger partial charge in [-0.2, -0.15) is 4.39 Å². The number of carbonyl (C=O) groups is 1. The molecular weight excluding hydrogens is 387 g/mol. The summed E-state index contributed by atoms with van der Waals surface area (Å²) in [4.78, 5) is 18.2. The molecule has 0 aliphatic heterocycles. The third kappa shape index (κ3) is 4.01. The first-order valence-corrected chi connectivity index (χ1v) is 9.70. The zero-order valence-electron chi connectivity index (χ0n) is 14.8. The molecule has 0 aromatic carbocycles. The van der Waals surface area contributed by atoms with E-state index < -0.39 is 22.1 Å². The predicted molar refractivity (Wildman–Crippen MR) is 98.9 cm³/mol. The summed E-state index contributed by atoms with van der Waals surface area (Å²) in [7, 11) is -4.05. The molecule has 3 heterocycles. The van der Waals surface area contributed by atoms with Gasteiger partial charge in [0.1, 0.15) is 4.90 Å². The maximum absolute atomic E-state index is 14.2. The van der Waals surface area contributed by atoms with Crippen molar-refractivity contribution < 1.29 is 22.7 Å². The number of hydrogen-bond acceptors (Lipinski definition) is 5. The van der Waals surface area contributed by atoms with Crippen LogP contribution in [0.15, 0.2) is 53.8 Å². The Kier molecular flexibility index (Phi) is 5.41. The van der Waals surface area contributed by atoms with Gasteiger partial charge in [-0.3, -0.25) is 4.98 Å². The van der Waals surface area contributed by atoms with Gasteiger partial charge in [0.05, 0.1) is 11.3 Å². The summed E-state index contributed by atoms with van der Waals surface area (Å²) in [5.41, 5.74) is 1.29. The van der Waals surface area contributed by atoms with Gasteiger partial charge in [-0.25, -0.2) is 22.2 Å². The summed E-state index contributed by atoms with van der Waals surface area (Å²) >= 11 is 0. The fraction of sp³-hybridized carbons (Fsp3) is 0.167. The lowest BCUT2D eigenvalue weighted by molar-refractivity contribution is 0.194. The van der Waals surface area contributed by atoms with Crippen molar-refractivity contribution in [3.63, 3.8) is 0 Å². The van der Waals surface area contributed by atoms with Crippen molar-refractivity contribution in [2.24, 2.45) is 0 Å².